The van der Waals surface area contributed by atoms with Gasteiger partial charge in [0.2, 0.25) is 0 Å². The van der Waals surface area contributed by atoms with Gasteiger partial charge < -0.3 is 9.47 Å². The zero-order valence-corrected chi connectivity index (χ0v) is 15.3. The van der Waals surface area contributed by atoms with Crippen LogP contribution in [0.25, 0.3) is 10.8 Å². The van der Waals surface area contributed by atoms with Crippen molar-refractivity contribution in [1.82, 2.24) is 0 Å². The van der Waals surface area contributed by atoms with Gasteiger partial charge in [-0.2, -0.15) is 0 Å². The number of rotatable bonds is 8. The van der Waals surface area contributed by atoms with Crippen LogP contribution in [0, 0.1) is 5.92 Å². The number of hydrogen-bond donors (Lipinski definition) is 0. The van der Waals surface area contributed by atoms with E-state index in [9.17, 15) is 0 Å². The highest BCUT2D eigenvalue weighted by Gasteiger charge is 2.08. The highest BCUT2D eigenvalue weighted by atomic mass is 79.9. The summed E-state index contributed by atoms with van der Waals surface area (Å²) in [6.07, 6.45) is 1.98. The quantitative estimate of drug-likeness (QED) is 0.448. The molecule has 0 bridgehead atoms. The van der Waals surface area contributed by atoms with Crippen LogP contribution in [0.2, 0.25) is 0 Å². The number of ether oxygens (including phenoxy) is 2. The third-order valence-electron chi connectivity index (χ3n) is 3.53. The molecule has 0 atom stereocenters. The smallest absolute Gasteiger partial charge is 0.123 e. The summed E-state index contributed by atoms with van der Waals surface area (Å²) in [5, 5.41) is 3.44. The Labute approximate surface area is 141 Å². The van der Waals surface area contributed by atoms with Gasteiger partial charge in [0.15, 0.2) is 0 Å². The van der Waals surface area contributed by atoms with E-state index in [1.165, 1.54) is 16.3 Å². The second-order valence-corrected chi connectivity index (χ2v) is 6.67. The molecule has 0 saturated heterocycles. The van der Waals surface area contributed by atoms with E-state index in [1.807, 2.05) is 0 Å². The van der Waals surface area contributed by atoms with Gasteiger partial charge in [-0.3, -0.25) is 0 Å². The van der Waals surface area contributed by atoms with Crippen molar-refractivity contribution in [2.75, 3.05) is 18.5 Å². The number of aryl methyl sites for hydroxylation is 1. The first-order valence-corrected chi connectivity index (χ1v) is 9.15. The Balaban J connectivity index is 2.26. The molecule has 0 amide bonds. The summed E-state index contributed by atoms with van der Waals surface area (Å²) in [7, 11) is 0. The molecule has 0 fully saturated rings. The molecule has 0 aliphatic heterocycles. The molecule has 0 aliphatic carbocycles. The van der Waals surface area contributed by atoms with Crippen LogP contribution in [0.4, 0.5) is 0 Å². The minimum absolute atomic E-state index is 0.534. The summed E-state index contributed by atoms with van der Waals surface area (Å²) >= 11 is 3.44. The standard InChI is InChI=1S/C19H25BrO2/c1-4-17-18-8-7-16(22-13-14(2)3)12-15(18)6-9-19(17)21-11-5-10-20/h6-9,12,14H,4-5,10-11,13H2,1-3H3. The van der Waals surface area contributed by atoms with Crippen molar-refractivity contribution in [1.29, 1.82) is 0 Å². The van der Waals surface area contributed by atoms with Gasteiger partial charge in [0.1, 0.15) is 11.5 Å². The van der Waals surface area contributed by atoms with Crippen molar-refractivity contribution in [3.8, 4) is 11.5 Å². The summed E-state index contributed by atoms with van der Waals surface area (Å²) < 4.78 is 11.7. The second kappa shape index (κ2) is 8.42. The molecule has 22 heavy (non-hydrogen) atoms. The van der Waals surface area contributed by atoms with Crippen molar-refractivity contribution in [2.45, 2.75) is 33.6 Å². The molecular formula is C19H25BrO2. The second-order valence-electron chi connectivity index (χ2n) is 5.87. The van der Waals surface area contributed by atoms with Gasteiger partial charge in [-0.15, -0.1) is 0 Å². The Morgan fingerprint density at radius 1 is 1.09 bits per heavy atom. The highest BCUT2D eigenvalue weighted by Crippen LogP contribution is 2.31. The molecule has 2 aromatic rings. The lowest BCUT2D eigenvalue weighted by molar-refractivity contribution is 0.271. The molecule has 0 radical (unpaired) electrons. The summed E-state index contributed by atoms with van der Waals surface area (Å²) in [6, 6.07) is 10.5. The molecule has 0 N–H and O–H groups in total. The third kappa shape index (κ3) is 4.39. The van der Waals surface area contributed by atoms with Crippen LogP contribution in [0.5, 0.6) is 11.5 Å². The van der Waals surface area contributed by atoms with Crippen LogP contribution in [-0.2, 0) is 6.42 Å². The molecule has 0 aromatic heterocycles. The first-order valence-electron chi connectivity index (χ1n) is 8.03. The zero-order chi connectivity index (χ0) is 15.9. The topological polar surface area (TPSA) is 18.5 Å². The maximum absolute atomic E-state index is 5.92. The van der Waals surface area contributed by atoms with Gasteiger partial charge in [0, 0.05) is 10.9 Å². The summed E-state index contributed by atoms with van der Waals surface area (Å²) in [5.74, 6) is 2.48. The van der Waals surface area contributed by atoms with E-state index in [-0.39, 0.29) is 0 Å². The molecule has 3 heteroatoms. The van der Waals surface area contributed by atoms with Crippen LogP contribution in [0.15, 0.2) is 30.3 Å². The van der Waals surface area contributed by atoms with E-state index in [2.05, 4.69) is 67.0 Å². The predicted molar refractivity (Wildman–Crippen MR) is 97.6 cm³/mol. The average molecular weight is 365 g/mol. The Morgan fingerprint density at radius 2 is 1.91 bits per heavy atom. The van der Waals surface area contributed by atoms with Crippen LogP contribution in [-0.4, -0.2) is 18.5 Å². The fourth-order valence-corrected chi connectivity index (χ4v) is 2.67. The fourth-order valence-electron chi connectivity index (χ4n) is 2.44. The van der Waals surface area contributed by atoms with Gasteiger partial charge in [-0.1, -0.05) is 48.8 Å². The first-order chi connectivity index (χ1) is 10.7. The normalized spacial score (nSPS) is 11.1. The van der Waals surface area contributed by atoms with Gasteiger partial charge in [-0.05, 0) is 47.7 Å². The van der Waals surface area contributed by atoms with Crippen molar-refractivity contribution in [3.05, 3.63) is 35.9 Å². The molecule has 0 aliphatic rings. The lowest BCUT2D eigenvalue weighted by Crippen LogP contribution is -2.04. The molecule has 120 valence electrons. The monoisotopic (exact) mass is 364 g/mol. The highest BCUT2D eigenvalue weighted by molar-refractivity contribution is 9.09. The molecular weight excluding hydrogens is 340 g/mol. The molecule has 0 unspecified atom stereocenters. The number of fused-ring (bicyclic) bond motifs is 1. The van der Waals surface area contributed by atoms with Gasteiger partial charge in [-0.25, -0.2) is 0 Å². The third-order valence-corrected chi connectivity index (χ3v) is 4.09. The van der Waals surface area contributed by atoms with Crippen LogP contribution in [0.1, 0.15) is 32.8 Å². The largest absolute Gasteiger partial charge is 0.493 e. The number of benzene rings is 2. The Kier molecular flexibility index (Phi) is 6.56. The SMILES string of the molecule is CCc1c(OCCCBr)ccc2cc(OCC(C)C)ccc12. The molecule has 0 spiro atoms. The number of halogens is 1. The summed E-state index contributed by atoms with van der Waals surface area (Å²) in [5.41, 5.74) is 1.28. The van der Waals surface area contributed by atoms with E-state index in [0.717, 1.165) is 42.9 Å². The fraction of sp³-hybridized carbons (Fsp3) is 0.474. The Morgan fingerprint density at radius 3 is 2.59 bits per heavy atom. The molecule has 2 aromatic carbocycles. The van der Waals surface area contributed by atoms with Gasteiger partial charge in [0.05, 0.1) is 13.2 Å². The summed E-state index contributed by atoms with van der Waals surface area (Å²) in [6.45, 7) is 7.99. The minimum atomic E-state index is 0.534. The van der Waals surface area contributed by atoms with E-state index < -0.39 is 0 Å². The Hall–Kier alpha value is -1.22. The molecule has 0 saturated carbocycles. The minimum Gasteiger partial charge on any atom is -0.493 e. The van der Waals surface area contributed by atoms with Crippen LogP contribution < -0.4 is 9.47 Å². The molecule has 2 nitrogen and oxygen atoms in total. The van der Waals surface area contributed by atoms with E-state index in [0.29, 0.717) is 5.92 Å². The predicted octanol–water partition coefficient (Wildman–Crippen LogP) is 5.60. The maximum atomic E-state index is 5.92. The van der Waals surface area contributed by atoms with Gasteiger partial charge >= 0.3 is 0 Å². The Bertz CT molecular complexity index is 608. The van der Waals surface area contributed by atoms with Crippen molar-refractivity contribution < 1.29 is 9.47 Å². The number of alkyl halides is 1. The van der Waals surface area contributed by atoms with E-state index >= 15 is 0 Å². The van der Waals surface area contributed by atoms with Crippen LogP contribution in [0.3, 0.4) is 0 Å². The molecule has 2 rings (SSSR count). The lowest BCUT2D eigenvalue weighted by Gasteiger charge is -2.14. The van der Waals surface area contributed by atoms with Gasteiger partial charge in [0.25, 0.3) is 0 Å². The zero-order valence-electron chi connectivity index (χ0n) is 13.7. The van der Waals surface area contributed by atoms with E-state index in [1.54, 1.807) is 0 Å². The average Bonchev–Trinajstić information content (AvgIpc) is 2.52. The van der Waals surface area contributed by atoms with Crippen molar-refractivity contribution in [2.24, 2.45) is 5.92 Å². The number of hydrogen-bond acceptors (Lipinski definition) is 2. The maximum Gasteiger partial charge on any atom is 0.123 e. The van der Waals surface area contributed by atoms with Crippen LogP contribution >= 0.6 is 15.9 Å². The first kappa shape index (κ1) is 17.1. The molecule has 0 heterocycles. The summed E-state index contributed by atoms with van der Waals surface area (Å²) in [4.78, 5) is 0. The van der Waals surface area contributed by atoms with Crippen molar-refractivity contribution in [3.63, 3.8) is 0 Å². The van der Waals surface area contributed by atoms with E-state index in [4.69, 9.17) is 9.47 Å². The lowest BCUT2D eigenvalue weighted by atomic mass is 10.0. The van der Waals surface area contributed by atoms with Crippen molar-refractivity contribution >= 4 is 26.7 Å².